The summed E-state index contributed by atoms with van der Waals surface area (Å²) in [6.45, 7) is 0.605. The van der Waals surface area contributed by atoms with Crippen LogP contribution in [-0.2, 0) is 9.53 Å². The first-order valence-corrected chi connectivity index (χ1v) is 8.34. The molecule has 0 saturated carbocycles. The summed E-state index contributed by atoms with van der Waals surface area (Å²) < 4.78 is 16.1. The smallest absolute Gasteiger partial charge is 0.337 e. The molecule has 0 aliphatic carbocycles. The lowest BCUT2D eigenvalue weighted by Gasteiger charge is -2.10. The lowest BCUT2D eigenvalue weighted by Crippen LogP contribution is -2.32. The Morgan fingerprint density at radius 3 is 2.52 bits per heavy atom. The van der Waals surface area contributed by atoms with Crippen molar-refractivity contribution in [2.24, 2.45) is 0 Å². The van der Waals surface area contributed by atoms with Gasteiger partial charge in [-0.3, -0.25) is 4.79 Å². The van der Waals surface area contributed by atoms with Gasteiger partial charge in [0, 0.05) is 0 Å². The Balaban J connectivity index is 1.72. The lowest BCUT2D eigenvalue weighted by atomic mass is 10.2. The number of benzene rings is 2. The minimum Gasteiger partial charge on any atom is -0.492 e. The largest absolute Gasteiger partial charge is 0.492 e. The molecule has 0 bridgehead atoms. The van der Waals surface area contributed by atoms with Gasteiger partial charge >= 0.3 is 5.97 Å². The van der Waals surface area contributed by atoms with Gasteiger partial charge in [0.1, 0.15) is 18.1 Å². The minimum atomic E-state index is -0.441. The van der Waals surface area contributed by atoms with Crippen LogP contribution in [0.4, 0.5) is 0 Å². The van der Waals surface area contributed by atoms with E-state index in [1.807, 2.05) is 30.3 Å². The maximum atomic E-state index is 11.8. The van der Waals surface area contributed by atoms with Crippen LogP contribution in [0.1, 0.15) is 10.4 Å². The molecule has 2 rings (SSSR count). The highest BCUT2D eigenvalue weighted by Crippen LogP contribution is 2.26. The van der Waals surface area contributed by atoms with E-state index in [0.29, 0.717) is 28.9 Å². The first-order chi connectivity index (χ1) is 12.1. The van der Waals surface area contributed by atoms with Crippen molar-refractivity contribution in [3.8, 4) is 11.5 Å². The van der Waals surface area contributed by atoms with E-state index in [1.54, 1.807) is 18.2 Å². The van der Waals surface area contributed by atoms with E-state index < -0.39 is 5.97 Å². The third kappa shape index (κ3) is 6.11. The number of hydrogen-bond donors (Lipinski definition) is 1. The van der Waals surface area contributed by atoms with Crippen molar-refractivity contribution >= 4 is 27.8 Å². The van der Waals surface area contributed by atoms with E-state index >= 15 is 0 Å². The molecule has 0 spiro atoms. The fraction of sp³-hybridized carbons (Fsp3) is 0.222. The van der Waals surface area contributed by atoms with Gasteiger partial charge in [-0.25, -0.2) is 4.79 Å². The third-order valence-corrected chi connectivity index (χ3v) is 3.77. The van der Waals surface area contributed by atoms with Crippen molar-refractivity contribution in [1.29, 1.82) is 0 Å². The number of halogens is 1. The normalized spacial score (nSPS) is 10.0. The molecule has 0 heterocycles. The number of para-hydroxylation sites is 1. The molecule has 1 N–H and O–H groups in total. The fourth-order valence-electron chi connectivity index (χ4n) is 1.93. The standard InChI is InChI=1S/C18H18BrNO5/c1-23-18(22)13-7-8-16(15(19)11-13)25-12-17(21)20-9-10-24-14-5-3-2-4-6-14/h2-8,11H,9-10,12H2,1H3,(H,20,21). The van der Waals surface area contributed by atoms with Crippen LogP contribution in [-0.4, -0.2) is 38.7 Å². The SMILES string of the molecule is COC(=O)c1ccc(OCC(=O)NCCOc2ccccc2)c(Br)c1. The van der Waals surface area contributed by atoms with Gasteiger partial charge < -0.3 is 19.5 Å². The average Bonchev–Trinajstić information content (AvgIpc) is 2.64. The number of rotatable bonds is 8. The van der Waals surface area contributed by atoms with Crippen LogP contribution < -0.4 is 14.8 Å². The van der Waals surface area contributed by atoms with Gasteiger partial charge in [0.25, 0.3) is 5.91 Å². The molecule has 6 nitrogen and oxygen atoms in total. The second-order valence-corrected chi connectivity index (χ2v) is 5.79. The van der Waals surface area contributed by atoms with Gasteiger partial charge in [0.05, 0.1) is 23.7 Å². The molecule has 0 fully saturated rings. The zero-order chi connectivity index (χ0) is 18.1. The molecule has 0 radical (unpaired) electrons. The molecule has 7 heteroatoms. The van der Waals surface area contributed by atoms with Gasteiger partial charge in [0.2, 0.25) is 0 Å². The Hall–Kier alpha value is -2.54. The Morgan fingerprint density at radius 1 is 1.08 bits per heavy atom. The van der Waals surface area contributed by atoms with Crippen molar-refractivity contribution in [3.05, 3.63) is 58.6 Å². The lowest BCUT2D eigenvalue weighted by molar-refractivity contribution is -0.123. The highest BCUT2D eigenvalue weighted by Gasteiger charge is 2.10. The number of ether oxygens (including phenoxy) is 3. The molecule has 132 valence electrons. The maximum absolute atomic E-state index is 11.8. The van der Waals surface area contributed by atoms with Gasteiger partial charge in [-0.2, -0.15) is 0 Å². The fourth-order valence-corrected chi connectivity index (χ4v) is 2.43. The van der Waals surface area contributed by atoms with Crippen LogP contribution >= 0.6 is 15.9 Å². The summed E-state index contributed by atoms with van der Waals surface area (Å²) in [5.41, 5.74) is 0.393. The molecule has 0 atom stereocenters. The highest BCUT2D eigenvalue weighted by atomic mass is 79.9. The molecule has 1 amide bonds. The summed E-state index contributed by atoms with van der Waals surface area (Å²) >= 11 is 3.30. The van der Waals surface area contributed by atoms with Crippen LogP contribution in [0.3, 0.4) is 0 Å². The maximum Gasteiger partial charge on any atom is 0.337 e. The van der Waals surface area contributed by atoms with Crippen LogP contribution in [0.15, 0.2) is 53.0 Å². The first kappa shape index (κ1) is 18.8. The monoisotopic (exact) mass is 407 g/mol. The van der Waals surface area contributed by atoms with Gasteiger partial charge in [-0.1, -0.05) is 18.2 Å². The molecule has 25 heavy (non-hydrogen) atoms. The predicted octanol–water partition coefficient (Wildman–Crippen LogP) is 2.81. The summed E-state index contributed by atoms with van der Waals surface area (Å²) in [5.74, 6) is 0.509. The van der Waals surface area contributed by atoms with E-state index in [4.69, 9.17) is 9.47 Å². The van der Waals surface area contributed by atoms with Crippen LogP contribution in [0.25, 0.3) is 0 Å². The predicted molar refractivity (Wildman–Crippen MR) is 95.9 cm³/mol. The Bertz CT molecular complexity index is 721. The van der Waals surface area contributed by atoms with E-state index in [0.717, 1.165) is 5.75 Å². The molecule has 0 aliphatic heterocycles. The molecule has 0 aromatic heterocycles. The van der Waals surface area contributed by atoms with Gasteiger partial charge in [-0.05, 0) is 46.3 Å². The quantitative estimate of drug-likeness (QED) is 0.537. The van der Waals surface area contributed by atoms with Crippen LogP contribution in [0.5, 0.6) is 11.5 Å². The Labute approximate surface area is 154 Å². The van der Waals surface area contributed by atoms with Crippen LogP contribution in [0.2, 0.25) is 0 Å². The second kappa shape index (κ2) is 9.68. The number of nitrogens with one attached hydrogen (secondary N) is 1. The number of amides is 1. The summed E-state index contributed by atoms with van der Waals surface area (Å²) in [5, 5.41) is 2.70. The average molecular weight is 408 g/mol. The summed E-state index contributed by atoms with van der Waals surface area (Å²) in [4.78, 5) is 23.2. The minimum absolute atomic E-state index is 0.137. The summed E-state index contributed by atoms with van der Waals surface area (Å²) in [6.07, 6.45) is 0. The number of esters is 1. The number of methoxy groups -OCH3 is 1. The zero-order valence-electron chi connectivity index (χ0n) is 13.7. The van der Waals surface area contributed by atoms with Crippen molar-refractivity contribution in [3.63, 3.8) is 0 Å². The molecular weight excluding hydrogens is 390 g/mol. The van der Waals surface area contributed by atoms with Crippen molar-refractivity contribution < 1.29 is 23.8 Å². The first-order valence-electron chi connectivity index (χ1n) is 7.55. The third-order valence-electron chi connectivity index (χ3n) is 3.15. The van der Waals surface area contributed by atoms with E-state index in [-0.39, 0.29) is 12.5 Å². The number of carbonyl (C=O) groups is 2. The van der Waals surface area contributed by atoms with E-state index in [2.05, 4.69) is 26.0 Å². The van der Waals surface area contributed by atoms with Crippen molar-refractivity contribution in [1.82, 2.24) is 5.32 Å². The molecular formula is C18H18BrNO5. The second-order valence-electron chi connectivity index (χ2n) is 4.94. The summed E-state index contributed by atoms with van der Waals surface area (Å²) in [7, 11) is 1.31. The van der Waals surface area contributed by atoms with Crippen molar-refractivity contribution in [2.45, 2.75) is 0 Å². The van der Waals surface area contributed by atoms with Crippen molar-refractivity contribution in [2.75, 3.05) is 26.9 Å². The number of hydrogen-bond acceptors (Lipinski definition) is 5. The van der Waals surface area contributed by atoms with E-state index in [1.165, 1.54) is 7.11 Å². The molecule has 2 aromatic rings. The van der Waals surface area contributed by atoms with Gasteiger partial charge in [0.15, 0.2) is 6.61 Å². The Morgan fingerprint density at radius 2 is 1.84 bits per heavy atom. The summed E-state index contributed by atoms with van der Waals surface area (Å²) in [6, 6.07) is 14.1. The van der Waals surface area contributed by atoms with Crippen LogP contribution in [0, 0.1) is 0 Å². The molecule has 0 unspecified atom stereocenters. The zero-order valence-corrected chi connectivity index (χ0v) is 15.2. The van der Waals surface area contributed by atoms with E-state index in [9.17, 15) is 9.59 Å². The molecule has 0 aliphatic rings. The topological polar surface area (TPSA) is 73.9 Å². The highest BCUT2D eigenvalue weighted by molar-refractivity contribution is 9.10. The van der Waals surface area contributed by atoms with Gasteiger partial charge in [-0.15, -0.1) is 0 Å². The Kier molecular flexibility index (Phi) is 7.28. The molecule has 2 aromatic carbocycles. The molecule has 0 saturated heterocycles. The number of carbonyl (C=O) groups excluding carboxylic acids is 2.